The summed E-state index contributed by atoms with van der Waals surface area (Å²) in [6.07, 6.45) is 7.31. The smallest absolute Gasteiger partial charge is 0.266 e. The molecule has 5 nitrogen and oxygen atoms in total. The van der Waals surface area contributed by atoms with E-state index in [4.69, 9.17) is 0 Å². The van der Waals surface area contributed by atoms with Crippen LogP contribution >= 0.6 is 11.3 Å². The molecule has 0 bridgehead atoms. The summed E-state index contributed by atoms with van der Waals surface area (Å²) in [7, 11) is 1.78. The Balaban J connectivity index is 1.82. The van der Waals surface area contributed by atoms with E-state index in [1.807, 2.05) is 40.5 Å². The Morgan fingerprint density at radius 1 is 1.45 bits per heavy atom. The van der Waals surface area contributed by atoms with Crippen LogP contribution in [0.1, 0.15) is 15.5 Å². The minimum Gasteiger partial charge on any atom is -0.347 e. The van der Waals surface area contributed by atoms with Crippen molar-refractivity contribution >= 4 is 17.2 Å². The number of aromatic amines is 1. The molecule has 1 N–H and O–H groups in total. The number of amides is 1. The van der Waals surface area contributed by atoms with Crippen LogP contribution in [-0.4, -0.2) is 32.4 Å². The molecule has 0 radical (unpaired) electrons. The fourth-order valence-electron chi connectivity index (χ4n) is 2.02. The van der Waals surface area contributed by atoms with Crippen LogP contribution in [0.25, 0.3) is 5.69 Å². The van der Waals surface area contributed by atoms with Gasteiger partial charge in [-0.25, -0.2) is 4.98 Å². The lowest BCUT2D eigenvalue weighted by atomic mass is 10.3. The highest BCUT2D eigenvalue weighted by molar-refractivity contribution is 7.12. The van der Waals surface area contributed by atoms with Crippen LogP contribution in [0.3, 0.4) is 0 Å². The van der Waals surface area contributed by atoms with Crippen molar-refractivity contribution in [3.8, 4) is 5.69 Å². The molecule has 3 aromatic rings. The molecule has 6 heteroatoms. The lowest BCUT2D eigenvalue weighted by Crippen LogP contribution is -2.26. The first-order chi connectivity index (χ1) is 9.75. The third-order valence-electron chi connectivity index (χ3n) is 3.01. The number of hydrogen-bond acceptors (Lipinski definition) is 3. The van der Waals surface area contributed by atoms with E-state index in [0.717, 1.165) is 16.4 Å². The van der Waals surface area contributed by atoms with Crippen molar-refractivity contribution in [2.75, 3.05) is 7.05 Å². The Labute approximate surface area is 120 Å². The molecule has 0 aliphatic rings. The van der Waals surface area contributed by atoms with Gasteiger partial charge in [0.1, 0.15) is 10.7 Å². The zero-order valence-corrected chi connectivity index (χ0v) is 11.8. The van der Waals surface area contributed by atoms with Gasteiger partial charge in [0.25, 0.3) is 5.91 Å². The minimum absolute atomic E-state index is 0.0000926. The van der Waals surface area contributed by atoms with Gasteiger partial charge in [-0.05, 0) is 23.6 Å². The molecule has 0 aliphatic heterocycles. The largest absolute Gasteiger partial charge is 0.347 e. The summed E-state index contributed by atoms with van der Waals surface area (Å²) in [6, 6.07) is 5.84. The van der Waals surface area contributed by atoms with Crippen LogP contribution < -0.4 is 0 Å². The minimum atomic E-state index is 0.0000926. The second kappa shape index (κ2) is 5.34. The molecule has 0 spiro atoms. The van der Waals surface area contributed by atoms with Crippen LogP contribution in [0.4, 0.5) is 0 Å². The van der Waals surface area contributed by atoms with Crippen LogP contribution in [-0.2, 0) is 6.54 Å². The van der Waals surface area contributed by atoms with Gasteiger partial charge in [-0.15, -0.1) is 11.3 Å². The number of hydrogen-bond donors (Lipinski definition) is 1. The first-order valence-electron chi connectivity index (χ1n) is 6.20. The monoisotopic (exact) mass is 286 g/mol. The number of H-pyrrole nitrogens is 1. The zero-order chi connectivity index (χ0) is 13.9. The molecule has 0 atom stereocenters. The van der Waals surface area contributed by atoms with E-state index < -0.39 is 0 Å². The van der Waals surface area contributed by atoms with Gasteiger partial charge in [0.05, 0.1) is 12.2 Å². The summed E-state index contributed by atoms with van der Waals surface area (Å²) >= 11 is 1.45. The van der Waals surface area contributed by atoms with E-state index in [-0.39, 0.29) is 5.91 Å². The molecule has 0 saturated carbocycles. The van der Waals surface area contributed by atoms with Crippen LogP contribution in [0.5, 0.6) is 0 Å². The molecule has 3 aromatic heterocycles. The van der Waals surface area contributed by atoms with Gasteiger partial charge in [0.2, 0.25) is 0 Å². The molecule has 3 rings (SSSR count). The normalized spacial score (nSPS) is 10.7. The van der Waals surface area contributed by atoms with Gasteiger partial charge in [0, 0.05) is 31.8 Å². The van der Waals surface area contributed by atoms with Crippen molar-refractivity contribution in [2.45, 2.75) is 6.54 Å². The second-order valence-corrected chi connectivity index (χ2v) is 5.34. The molecule has 0 aliphatic carbocycles. The Bertz CT molecular complexity index is 685. The number of nitrogens with one attached hydrogen (secondary N) is 1. The second-order valence-electron chi connectivity index (χ2n) is 4.42. The van der Waals surface area contributed by atoms with Crippen LogP contribution in [0.15, 0.2) is 48.4 Å². The standard InChI is InChI=1S/C14H14N4OS/c1-17(10-12-15-5-6-16-12)14(19)13-11(4-9-20-13)18-7-2-3-8-18/h2-9H,10H2,1H3,(H,15,16). The summed E-state index contributed by atoms with van der Waals surface area (Å²) in [5.74, 6) is 0.778. The van der Waals surface area contributed by atoms with E-state index in [2.05, 4.69) is 9.97 Å². The summed E-state index contributed by atoms with van der Waals surface area (Å²) in [4.78, 5) is 22.1. The van der Waals surface area contributed by atoms with Gasteiger partial charge in [-0.1, -0.05) is 0 Å². The Morgan fingerprint density at radius 3 is 2.95 bits per heavy atom. The van der Waals surface area contributed by atoms with Gasteiger partial charge in [-0.2, -0.15) is 0 Å². The van der Waals surface area contributed by atoms with E-state index in [9.17, 15) is 4.79 Å². The molecule has 20 heavy (non-hydrogen) atoms. The Kier molecular flexibility index (Phi) is 3.39. The predicted octanol–water partition coefficient (Wildman–Crippen LogP) is 2.53. The third kappa shape index (κ3) is 2.37. The Hall–Kier alpha value is -2.34. The highest BCUT2D eigenvalue weighted by Crippen LogP contribution is 2.23. The number of aromatic nitrogens is 3. The summed E-state index contributed by atoms with van der Waals surface area (Å²) < 4.78 is 1.95. The SMILES string of the molecule is CN(Cc1ncc[nH]1)C(=O)c1sccc1-n1cccc1. The van der Waals surface area contributed by atoms with Crippen molar-refractivity contribution in [2.24, 2.45) is 0 Å². The average molecular weight is 286 g/mol. The van der Waals surface area contributed by atoms with Gasteiger partial charge < -0.3 is 14.5 Å². The summed E-state index contributed by atoms with van der Waals surface area (Å²) in [6.45, 7) is 0.467. The van der Waals surface area contributed by atoms with Crippen LogP contribution in [0.2, 0.25) is 0 Å². The first kappa shape index (κ1) is 12.7. The molecule has 102 valence electrons. The van der Waals surface area contributed by atoms with Crippen molar-refractivity contribution in [3.05, 3.63) is 59.1 Å². The summed E-state index contributed by atoms with van der Waals surface area (Å²) in [5, 5.41) is 1.93. The first-order valence-corrected chi connectivity index (χ1v) is 7.08. The van der Waals surface area contributed by atoms with Gasteiger partial charge in [-0.3, -0.25) is 4.79 Å². The predicted molar refractivity (Wildman–Crippen MR) is 78.0 cm³/mol. The maximum Gasteiger partial charge on any atom is 0.266 e. The highest BCUT2D eigenvalue weighted by Gasteiger charge is 2.18. The molecule has 0 aromatic carbocycles. The molecule has 3 heterocycles. The molecule has 1 amide bonds. The number of carbonyl (C=O) groups excluding carboxylic acids is 1. The number of carbonyl (C=O) groups is 1. The highest BCUT2D eigenvalue weighted by atomic mass is 32.1. The summed E-state index contributed by atoms with van der Waals surface area (Å²) in [5.41, 5.74) is 0.913. The number of thiophene rings is 1. The quantitative estimate of drug-likeness (QED) is 0.801. The maximum absolute atomic E-state index is 12.5. The maximum atomic E-state index is 12.5. The van der Waals surface area contributed by atoms with Gasteiger partial charge in [0.15, 0.2) is 0 Å². The fraction of sp³-hybridized carbons (Fsp3) is 0.143. The molecular formula is C14H14N4OS. The van der Waals surface area contributed by atoms with Crippen molar-refractivity contribution in [1.29, 1.82) is 0 Å². The zero-order valence-electron chi connectivity index (χ0n) is 11.0. The molecule has 0 unspecified atom stereocenters. The average Bonchev–Trinajstić information content (AvgIpc) is 3.18. The lowest BCUT2D eigenvalue weighted by Gasteiger charge is -2.16. The van der Waals surface area contributed by atoms with Crippen LogP contribution in [0, 0.1) is 0 Å². The number of nitrogens with zero attached hydrogens (tertiary/aromatic N) is 3. The topological polar surface area (TPSA) is 53.9 Å². The van der Waals surface area contributed by atoms with Crippen molar-refractivity contribution < 1.29 is 4.79 Å². The number of imidazole rings is 1. The Morgan fingerprint density at radius 2 is 2.25 bits per heavy atom. The fourth-order valence-corrected chi connectivity index (χ4v) is 2.90. The molecular weight excluding hydrogens is 272 g/mol. The molecule has 0 saturated heterocycles. The van der Waals surface area contributed by atoms with Crippen molar-refractivity contribution in [3.63, 3.8) is 0 Å². The third-order valence-corrected chi connectivity index (χ3v) is 3.90. The van der Waals surface area contributed by atoms with E-state index in [1.54, 1.807) is 24.3 Å². The van der Waals surface area contributed by atoms with E-state index >= 15 is 0 Å². The van der Waals surface area contributed by atoms with E-state index in [1.165, 1.54) is 11.3 Å². The van der Waals surface area contributed by atoms with Gasteiger partial charge >= 0.3 is 0 Å². The van der Waals surface area contributed by atoms with Crippen molar-refractivity contribution in [1.82, 2.24) is 19.4 Å². The molecule has 0 fully saturated rings. The lowest BCUT2D eigenvalue weighted by molar-refractivity contribution is 0.0786. The van der Waals surface area contributed by atoms with E-state index in [0.29, 0.717) is 6.54 Å². The number of rotatable bonds is 4.